The van der Waals surface area contributed by atoms with Crippen molar-refractivity contribution in [2.24, 2.45) is 0 Å². The number of aliphatic carboxylic acids is 1. The Morgan fingerprint density at radius 1 is 1.18 bits per heavy atom. The number of carboxylic acid groups (broad SMARTS) is 1. The van der Waals surface area contributed by atoms with Gasteiger partial charge >= 0.3 is 5.97 Å². The van der Waals surface area contributed by atoms with Crippen LogP contribution < -0.4 is 9.47 Å². The first-order chi connectivity index (χ1) is 15.9. The van der Waals surface area contributed by atoms with E-state index in [9.17, 15) is 9.18 Å². The van der Waals surface area contributed by atoms with E-state index in [0.717, 1.165) is 22.4 Å². The molecule has 1 N–H and O–H groups in total. The molecule has 8 heteroatoms. The van der Waals surface area contributed by atoms with Crippen LogP contribution in [0.25, 0.3) is 11.3 Å². The van der Waals surface area contributed by atoms with Crippen molar-refractivity contribution in [2.45, 2.75) is 33.1 Å². The van der Waals surface area contributed by atoms with Gasteiger partial charge in [-0.15, -0.1) is 0 Å². The Morgan fingerprint density at radius 2 is 1.94 bits per heavy atom. The van der Waals surface area contributed by atoms with Gasteiger partial charge in [0.1, 0.15) is 18.2 Å². The van der Waals surface area contributed by atoms with Gasteiger partial charge in [-0.05, 0) is 54.7 Å². The second-order valence-corrected chi connectivity index (χ2v) is 7.66. The number of benzene rings is 1. The molecule has 1 aliphatic rings. The predicted octanol–water partition coefficient (Wildman–Crippen LogP) is 5.10. The molecule has 0 unspecified atom stereocenters. The molecule has 2 aromatic rings. The first kappa shape index (κ1) is 24.1. The number of halogens is 1. The average molecular weight is 454 g/mol. The zero-order valence-corrected chi connectivity index (χ0v) is 18.9. The molecule has 174 valence electrons. The van der Waals surface area contributed by atoms with Gasteiger partial charge in [0, 0.05) is 25.5 Å². The summed E-state index contributed by atoms with van der Waals surface area (Å²) in [5.41, 5.74) is 4.59. The Balaban J connectivity index is 1.71. The molecule has 0 amide bonds. The van der Waals surface area contributed by atoms with Gasteiger partial charge in [0.05, 0.1) is 31.0 Å². The normalized spacial score (nSPS) is 14.6. The summed E-state index contributed by atoms with van der Waals surface area (Å²) in [5, 5.41) is 8.76. The van der Waals surface area contributed by atoms with Gasteiger partial charge in [0.15, 0.2) is 0 Å². The van der Waals surface area contributed by atoms with Crippen LogP contribution in [0.4, 0.5) is 4.39 Å². The molecule has 0 atom stereocenters. The molecule has 0 fully saturated rings. The summed E-state index contributed by atoms with van der Waals surface area (Å²) in [6, 6.07) is 3.89. The lowest BCUT2D eigenvalue weighted by Crippen LogP contribution is -2.05. The highest BCUT2D eigenvalue weighted by atomic mass is 19.1. The van der Waals surface area contributed by atoms with E-state index < -0.39 is 5.97 Å². The number of hydrogen-bond donors (Lipinski definition) is 1. The zero-order chi connectivity index (χ0) is 23.8. The number of ether oxygens (including phenoxy) is 3. The summed E-state index contributed by atoms with van der Waals surface area (Å²) in [5.74, 6) is -0.260. The molecule has 1 aromatic heterocycles. The summed E-state index contributed by atoms with van der Waals surface area (Å²) in [6.07, 6.45) is 7.99. The SMILES string of the molecule is COCCOc1cc(C)c(-c2cncc(OC=C3C=CC(CCC(=O)O)=C(F)C3)n2)c(C)c1. The van der Waals surface area contributed by atoms with E-state index in [0.29, 0.717) is 30.1 Å². The van der Waals surface area contributed by atoms with Crippen LogP contribution in [0.1, 0.15) is 30.4 Å². The van der Waals surface area contributed by atoms with Crippen molar-refractivity contribution >= 4 is 5.97 Å². The van der Waals surface area contributed by atoms with Gasteiger partial charge in [-0.1, -0.05) is 12.2 Å². The van der Waals surface area contributed by atoms with Crippen LogP contribution in [-0.4, -0.2) is 41.4 Å². The molecule has 3 rings (SSSR count). The van der Waals surface area contributed by atoms with E-state index in [4.69, 9.17) is 19.3 Å². The van der Waals surface area contributed by atoms with Crippen molar-refractivity contribution in [1.82, 2.24) is 9.97 Å². The van der Waals surface area contributed by atoms with Gasteiger partial charge in [-0.25, -0.2) is 9.37 Å². The maximum atomic E-state index is 14.3. The molecule has 0 saturated carbocycles. The third-order valence-electron chi connectivity index (χ3n) is 5.08. The minimum Gasteiger partial charge on any atom is -0.491 e. The lowest BCUT2D eigenvalue weighted by molar-refractivity contribution is -0.136. The van der Waals surface area contributed by atoms with E-state index in [1.165, 1.54) is 12.5 Å². The molecule has 33 heavy (non-hydrogen) atoms. The second-order valence-electron chi connectivity index (χ2n) is 7.66. The molecule has 1 aliphatic carbocycles. The van der Waals surface area contributed by atoms with Gasteiger partial charge in [0.25, 0.3) is 0 Å². The van der Waals surface area contributed by atoms with E-state index >= 15 is 0 Å². The monoisotopic (exact) mass is 454 g/mol. The molecule has 1 aromatic carbocycles. The molecule has 1 heterocycles. The Kier molecular flexibility index (Phi) is 8.32. The van der Waals surface area contributed by atoms with Crippen molar-refractivity contribution in [3.63, 3.8) is 0 Å². The minimum absolute atomic E-state index is 0.0430. The highest BCUT2D eigenvalue weighted by molar-refractivity contribution is 5.68. The molecular formula is C25H27FN2O5. The van der Waals surface area contributed by atoms with Crippen LogP contribution in [0.2, 0.25) is 0 Å². The van der Waals surface area contributed by atoms with Crippen molar-refractivity contribution in [2.75, 3.05) is 20.3 Å². The van der Waals surface area contributed by atoms with Crippen LogP contribution in [-0.2, 0) is 9.53 Å². The first-order valence-corrected chi connectivity index (χ1v) is 10.6. The zero-order valence-electron chi connectivity index (χ0n) is 18.9. The molecule has 0 bridgehead atoms. The van der Waals surface area contributed by atoms with E-state index in [2.05, 4.69) is 9.97 Å². The fourth-order valence-electron chi connectivity index (χ4n) is 3.51. The summed E-state index contributed by atoms with van der Waals surface area (Å²) >= 11 is 0. The van der Waals surface area contributed by atoms with Gasteiger partial charge in [0.2, 0.25) is 5.88 Å². The second kappa shape index (κ2) is 11.4. The number of nitrogens with zero attached hydrogens (tertiary/aromatic N) is 2. The molecular weight excluding hydrogens is 427 g/mol. The Bertz CT molecular complexity index is 1080. The number of aryl methyl sites for hydroxylation is 2. The van der Waals surface area contributed by atoms with Crippen LogP contribution in [0, 0.1) is 13.8 Å². The summed E-state index contributed by atoms with van der Waals surface area (Å²) in [7, 11) is 1.63. The largest absolute Gasteiger partial charge is 0.491 e. The summed E-state index contributed by atoms with van der Waals surface area (Å²) in [4.78, 5) is 19.5. The van der Waals surface area contributed by atoms with Gasteiger partial charge in [-0.2, -0.15) is 0 Å². The lowest BCUT2D eigenvalue weighted by atomic mass is 9.99. The predicted molar refractivity (Wildman–Crippen MR) is 122 cm³/mol. The smallest absolute Gasteiger partial charge is 0.303 e. The number of hydrogen-bond acceptors (Lipinski definition) is 6. The number of carboxylic acids is 1. The molecule has 7 nitrogen and oxygen atoms in total. The molecule has 0 spiro atoms. The molecule has 0 saturated heterocycles. The maximum Gasteiger partial charge on any atom is 0.303 e. The third-order valence-corrected chi connectivity index (χ3v) is 5.08. The van der Waals surface area contributed by atoms with E-state index in [1.807, 2.05) is 26.0 Å². The average Bonchev–Trinajstić information content (AvgIpc) is 2.77. The summed E-state index contributed by atoms with van der Waals surface area (Å²) < 4.78 is 30.6. The highest BCUT2D eigenvalue weighted by Gasteiger charge is 2.14. The lowest BCUT2D eigenvalue weighted by Gasteiger charge is -2.14. The van der Waals surface area contributed by atoms with E-state index in [-0.39, 0.29) is 31.0 Å². The standard InChI is InChI=1S/C25H27FN2O5/c1-16-10-20(32-9-8-31-3)11-17(2)25(16)22-13-27-14-23(28-22)33-15-18-4-5-19(21(26)12-18)6-7-24(29)30/h4-5,10-11,13-15H,6-9,12H2,1-3H3,(H,29,30). The van der Waals surface area contributed by atoms with Crippen molar-refractivity contribution in [1.29, 1.82) is 0 Å². The third kappa shape index (κ3) is 6.73. The Morgan fingerprint density at radius 3 is 2.61 bits per heavy atom. The van der Waals surface area contributed by atoms with Gasteiger partial charge < -0.3 is 19.3 Å². The summed E-state index contributed by atoms with van der Waals surface area (Å²) in [6.45, 7) is 4.94. The topological polar surface area (TPSA) is 90.8 Å². The van der Waals surface area contributed by atoms with Crippen molar-refractivity contribution in [3.05, 3.63) is 71.0 Å². The number of rotatable bonds is 10. The first-order valence-electron chi connectivity index (χ1n) is 10.6. The minimum atomic E-state index is -0.953. The van der Waals surface area contributed by atoms with Crippen LogP contribution in [0.15, 0.2) is 59.9 Å². The quantitative estimate of drug-likeness (QED) is 0.395. The molecule has 0 radical (unpaired) electrons. The Hall–Kier alpha value is -3.52. The van der Waals surface area contributed by atoms with Crippen molar-refractivity contribution in [3.8, 4) is 22.9 Å². The number of carbonyl (C=O) groups is 1. The highest BCUT2D eigenvalue weighted by Crippen LogP contribution is 2.31. The maximum absolute atomic E-state index is 14.3. The number of aromatic nitrogens is 2. The van der Waals surface area contributed by atoms with Crippen LogP contribution >= 0.6 is 0 Å². The fourth-order valence-corrected chi connectivity index (χ4v) is 3.51. The van der Waals surface area contributed by atoms with E-state index in [1.54, 1.807) is 25.5 Å². The number of methoxy groups -OCH3 is 1. The van der Waals surface area contributed by atoms with Crippen molar-refractivity contribution < 1.29 is 28.5 Å². The molecule has 0 aliphatic heterocycles. The van der Waals surface area contributed by atoms with Crippen LogP contribution in [0.3, 0.4) is 0 Å². The number of allylic oxidation sites excluding steroid dienone is 5. The fraction of sp³-hybridized carbons (Fsp3) is 0.320. The van der Waals surface area contributed by atoms with Crippen LogP contribution in [0.5, 0.6) is 11.6 Å². The van der Waals surface area contributed by atoms with Gasteiger partial charge in [-0.3, -0.25) is 9.78 Å². The Labute approximate surface area is 192 Å².